The molecule has 0 spiro atoms. The summed E-state index contributed by atoms with van der Waals surface area (Å²) in [7, 11) is 0. The van der Waals surface area contributed by atoms with Crippen molar-refractivity contribution in [1.29, 1.82) is 0 Å². The molecule has 28 heavy (non-hydrogen) atoms. The topological polar surface area (TPSA) is 96.3 Å². The second kappa shape index (κ2) is 7.96. The summed E-state index contributed by atoms with van der Waals surface area (Å²) < 4.78 is 46.4. The molecule has 4 N–H and O–H groups in total. The number of H-pyrrole nitrogens is 1. The van der Waals surface area contributed by atoms with E-state index < -0.39 is 17.6 Å². The number of aromatic amines is 1. The smallest absolute Gasteiger partial charge is 0.369 e. The highest BCUT2D eigenvalue weighted by Crippen LogP contribution is 2.43. The van der Waals surface area contributed by atoms with Crippen LogP contribution >= 0.6 is 0 Å². The van der Waals surface area contributed by atoms with Gasteiger partial charge in [-0.1, -0.05) is 0 Å². The van der Waals surface area contributed by atoms with Crippen molar-refractivity contribution in [3.63, 3.8) is 0 Å². The van der Waals surface area contributed by atoms with Gasteiger partial charge in [-0.15, -0.1) is 0 Å². The standard InChI is InChI=1S/C18H24F3N5O2/c1-10(2)28-9-14(27)25-13-7-24-17-15(13)16(12(6-23-17)18(19,20)21)26-5-3-4-11(22)8-26/h6-7,10-11H,3-5,8-9,22H2,1-2H3,(H,23,24)(H,25,27)/t11-/m0/s1. The molecule has 0 unspecified atom stereocenters. The molecule has 0 aliphatic carbocycles. The van der Waals surface area contributed by atoms with Crippen molar-refractivity contribution in [3.05, 3.63) is 18.0 Å². The normalized spacial score (nSPS) is 18.1. The SMILES string of the molecule is CC(C)OCC(=O)Nc1c[nH]c2ncc(C(F)(F)F)c(N3CCC[C@H](N)C3)c12. The van der Waals surface area contributed by atoms with E-state index in [1.165, 1.54) is 6.20 Å². The molecule has 1 amide bonds. The molecule has 0 saturated carbocycles. The number of anilines is 2. The summed E-state index contributed by atoms with van der Waals surface area (Å²) in [6.07, 6.45) is -1.01. The zero-order chi connectivity index (χ0) is 20.5. The fourth-order valence-corrected chi connectivity index (χ4v) is 3.36. The molecule has 1 atom stereocenters. The summed E-state index contributed by atoms with van der Waals surface area (Å²) in [5.74, 6) is -0.451. The Hall–Kier alpha value is -2.33. The largest absolute Gasteiger partial charge is 0.419 e. The predicted molar refractivity (Wildman–Crippen MR) is 100 cm³/mol. The first-order valence-electron chi connectivity index (χ1n) is 9.16. The lowest BCUT2D eigenvalue weighted by molar-refractivity contribution is -0.137. The van der Waals surface area contributed by atoms with Crippen molar-refractivity contribution in [3.8, 4) is 0 Å². The first-order chi connectivity index (χ1) is 13.2. The number of ether oxygens (including phenoxy) is 1. The number of carbonyl (C=O) groups is 1. The van der Waals surface area contributed by atoms with Crippen LogP contribution in [0.1, 0.15) is 32.3 Å². The van der Waals surface area contributed by atoms with E-state index in [2.05, 4.69) is 15.3 Å². The monoisotopic (exact) mass is 399 g/mol. The average molecular weight is 399 g/mol. The summed E-state index contributed by atoms with van der Waals surface area (Å²) in [5, 5.41) is 2.85. The maximum atomic E-state index is 13.7. The first-order valence-corrected chi connectivity index (χ1v) is 9.16. The van der Waals surface area contributed by atoms with Gasteiger partial charge in [0.1, 0.15) is 12.3 Å². The molecule has 3 heterocycles. The highest BCUT2D eigenvalue weighted by Gasteiger charge is 2.38. The Bertz CT molecular complexity index is 850. The van der Waals surface area contributed by atoms with Crippen LogP contribution in [0.2, 0.25) is 0 Å². The van der Waals surface area contributed by atoms with Crippen molar-refractivity contribution in [2.75, 3.05) is 29.9 Å². The summed E-state index contributed by atoms with van der Waals surface area (Å²) in [4.78, 5) is 20.5. The van der Waals surface area contributed by atoms with Crippen LogP contribution in [0.15, 0.2) is 12.4 Å². The number of nitrogens with zero attached hydrogens (tertiary/aromatic N) is 2. The van der Waals surface area contributed by atoms with E-state index in [0.717, 1.165) is 12.6 Å². The van der Waals surface area contributed by atoms with Crippen molar-refractivity contribution in [2.24, 2.45) is 5.73 Å². The zero-order valence-electron chi connectivity index (χ0n) is 15.8. The minimum Gasteiger partial charge on any atom is -0.369 e. The van der Waals surface area contributed by atoms with Gasteiger partial charge in [-0.2, -0.15) is 13.2 Å². The fourth-order valence-electron chi connectivity index (χ4n) is 3.36. The molecule has 0 radical (unpaired) electrons. The molecule has 10 heteroatoms. The Balaban J connectivity index is 2.05. The zero-order valence-corrected chi connectivity index (χ0v) is 15.8. The summed E-state index contributed by atoms with van der Waals surface area (Å²) in [5.41, 5.74) is 5.65. The van der Waals surface area contributed by atoms with E-state index in [-0.39, 0.29) is 41.2 Å². The quantitative estimate of drug-likeness (QED) is 0.719. The number of hydrogen-bond acceptors (Lipinski definition) is 5. The van der Waals surface area contributed by atoms with Gasteiger partial charge in [-0.05, 0) is 26.7 Å². The number of alkyl halides is 3. The third kappa shape index (κ3) is 4.39. The lowest BCUT2D eigenvalue weighted by Gasteiger charge is -2.34. The molecule has 0 bridgehead atoms. The maximum absolute atomic E-state index is 13.7. The molecule has 2 aromatic heterocycles. The number of piperidine rings is 1. The predicted octanol–water partition coefficient (Wildman–Crippen LogP) is 2.87. The molecular formula is C18H24F3N5O2. The van der Waals surface area contributed by atoms with Gasteiger partial charge in [0.15, 0.2) is 0 Å². The molecule has 1 aliphatic heterocycles. The summed E-state index contributed by atoms with van der Waals surface area (Å²) in [6, 6.07) is -0.213. The molecule has 1 aliphatic rings. The lowest BCUT2D eigenvalue weighted by Crippen LogP contribution is -2.43. The van der Waals surface area contributed by atoms with Crippen LogP contribution in [0.5, 0.6) is 0 Å². The van der Waals surface area contributed by atoms with Crippen LogP contribution in [0.4, 0.5) is 24.5 Å². The number of pyridine rings is 1. The van der Waals surface area contributed by atoms with E-state index in [1.807, 2.05) is 0 Å². The number of carbonyl (C=O) groups excluding carboxylic acids is 1. The van der Waals surface area contributed by atoms with Crippen molar-refractivity contribution < 1.29 is 22.7 Å². The molecule has 154 valence electrons. The molecule has 2 aromatic rings. The molecule has 1 saturated heterocycles. The third-order valence-corrected chi connectivity index (χ3v) is 4.58. The highest BCUT2D eigenvalue weighted by molar-refractivity contribution is 6.07. The summed E-state index contributed by atoms with van der Waals surface area (Å²) >= 11 is 0. The minimum atomic E-state index is -4.59. The van der Waals surface area contributed by atoms with Gasteiger partial charge >= 0.3 is 6.18 Å². The van der Waals surface area contributed by atoms with Gasteiger partial charge in [-0.25, -0.2) is 4.98 Å². The van der Waals surface area contributed by atoms with E-state index in [1.54, 1.807) is 18.7 Å². The molecule has 3 rings (SSSR count). The van der Waals surface area contributed by atoms with Crippen molar-refractivity contribution >= 4 is 28.3 Å². The van der Waals surface area contributed by atoms with Gasteiger partial charge < -0.3 is 25.7 Å². The number of fused-ring (bicyclic) bond motifs is 1. The third-order valence-electron chi connectivity index (χ3n) is 4.58. The van der Waals surface area contributed by atoms with Crippen molar-refractivity contribution in [2.45, 2.75) is 45.0 Å². The number of nitrogens with two attached hydrogens (primary N) is 1. The molecule has 7 nitrogen and oxygen atoms in total. The number of aromatic nitrogens is 2. The molecular weight excluding hydrogens is 375 g/mol. The lowest BCUT2D eigenvalue weighted by atomic mass is 10.0. The average Bonchev–Trinajstić information content (AvgIpc) is 3.01. The van der Waals surface area contributed by atoms with Crippen molar-refractivity contribution in [1.82, 2.24) is 9.97 Å². The van der Waals surface area contributed by atoms with E-state index in [9.17, 15) is 18.0 Å². The molecule has 0 aromatic carbocycles. The first kappa shape index (κ1) is 20.4. The Morgan fingerprint density at radius 1 is 1.50 bits per heavy atom. The number of halogens is 3. The van der Waals surface area contributed by atoms with Gasteiger partial charge in [-0.3, -0.25) is 4.79 Å². The minimum absolute atomic E-state index is 0.00558. The van der Waals surface area contributed by atoms with Crippen LogP contribution in [0.3, 0.4) is 0 Å². The fraction of sp³-hybridized carbons (Fsp3) is 0.556. The Kier molecular flexibility index (Phi) is 5.80. The van der Waals surface area contributed by atoms with Crippen LogP contribution in [-0.4, -0.2) is 47.7 Å². The van der Waals surface area contributed by atoms with E-state index in [4.69, 9.17) is 10.5 Å². The van der Waals surface area contributed by atoms with Crippen LogP contribution in [0, 0.1) is 0 Å². The van der Waals surface area contributed by atoms with E-state index in [0.29, 0.717) is 19.5 Å². The Morgan fingerprint density at radius 3 is 2.89 bits per heavy atom. The van der Waals surface area contributed by atoms with E-state index >= 15 is 0 Å². The number of nitrogens with one attached hydrogen (secondary N) is 2. The second-order valence-corrected chi connectivity index (χ2v) is 7.20. The summed E-state index contributed by atoms with van der Waals surface area (Å²) in [6.45, 7) is 4.13. The number of amides is 1. The van der Waals surface area contributed by atoms with Crippen LogP contribution in [0.25, 0.3) is 11.0 Å². The number of hydrogen-bond donors (Lipinski definition) is 3. The Labute approximate surface area is 160 Å². The van der Waals surface area contributed by atoms with Crippen LogP contribution in [-0.2, 0) is 15.7 Å². The van der Waals surface area contributed by atoms with Crippen LogP contribution < -0.4 is 16.0 Å². The Morgan fingerprint density at radius 2 is 2.25 bits per heavy atom. The highest BCUT2D eigenvalue weighted by atomic mass is 19.4. The molecule has 1 fully saturated rings. The number of rotatable bonds is 5. The van der Waals surface area contributed by atoms with Gasteiger partial charge in [0, 0.05) is 31.5 Å². The second-order valence-electron chi connectivity index (χ2n) is 7.20. The van der Waals surface area contributed by atoms with Gasteiger partial charge in [0.25, 0.3) is 0 Å². The maximum Gasteiger partial charge on any atom is 0.419 e. The van der Waals surface area contributed by atoms with Gasteiger partial charge in [0.2, 0.25) is 5.91 Å². The van der Waals surface area contributed by atoms with Gasteiger partial charge in [0.05, 0.1) is 28.4 Å².